The van der Waals surface area contributed by atoms with Gasteiger partial charge >= 0.3 is 0 Å². The number of likely N-dealkylation sites (tertiary alicyclic amines) is 4. The first-order chi connectivity index (χ1) is 28.2. The summed E-state index contributed by atoms with van der Waals surface area (Å²) in [5, 5.41) is 0. The molecule has 0 aromatic rings. The lowest BCUT2D eigenvalue weighted by Gasteiger charge is -2.27. The fourth-order valence-corrected chi connectivity index (χ4v) is 4.68. The highest BCUT2D eigenvalue weighted by atomic mass is 127. The third kappa shape index (κ3) is 93.8. The Labute approximate surface area is 397 Å². The molecule has 0 spiro atoms. The van der Waals surface area contributed by atoms with Gasteiger partial charge in [0, 0.05) is 51.9 Å². The van der Waals surface area contributed by atoms with E-state index in [9.17, 15) is 9.59 Å². The van der Waals surface area contributed by atoms with E-state index in [-0.39, 0.29) is 24.0 Å². The Morgan fingerprint density at radius 2 is 0.492 bits per heavy atom. The number of carbonyl (C=O) groups excluding carboxylic acids is 2. The van der Waals surface area contributed by atoms with Gasteiger partial charge in [-0.2, -0.15) is 0 Å². The maximum atomic E-state index is 10.6. The lowest BCUT2D eigenvalue weighted by Crippen LogP contribution is -2.29. The first-order valence-corrected chi connectivity index (χ1v) is 25.2. The van der Waals surface area contributed by atoms with Crippen molar-refractivity contribution < 1.29 is 9.59 Å². The Balaban J connectivity index is -0.0000000370. The third-order valence-corrected chi connectivity index (χ3v) is 7.92. The van der Waals surface area contributed by atoms with E-state index in [1.165, 1.54) is 78.8 Å². The summed E-state index contributed by atoms with van der Waals surface area (Å²) in [5.41, 5.74) is 9.00. The van der Waals surface area contributed by atoms with E-state index >= 15 is 0 Å². The SMILES string of the molecule is CC.CC.CC.CC.CC.CC.CC.CC.CC.CC.CCC1CCN(C)CC1.CCC1CCN(C)CC1.CN.CN.CN1CCC(=O)CC1.CN1CCC(=O)CC1.I. The van der Waals surface area contributed by atoms with Gasteiger partial charge in [0.05, 0.1) is 0 Å². The Morgan fingerprint density at radius 3 is 0.610 bits per heavy atom. The number of hydrogen-bond donors (Lipinski definition) is 2. The molecule has 8 nitrogen and oxygen atoms in total. The molecule has 4 heterocycles. The molecule has 0 aromatic heterocycles. The van der Waals surface area contributed by atoms with E-state index < -0.39 is 0 Å². The van der Waals surface area contributed by atoms with Crippen LogP contribution in [0.1, 0.15) is 217 Å². The Bertz CT molecular complexity index is 492. The van der Waals surface area contributed by atoms with Crippen LogP contribution in [0.4, 0.5) is 0 Å². The summed E-state index contributed by atoms with van der Waals surface area (Å²) in [6, 6.07) is 0. The molecule has 0 bridgehead atoms. The molecule has 59 heavy (non-hydrogen) atoms. The maximum Gasteiger partial charge on any atom is 0.135 e. The van der Waals surface area contributed by atoms with Gasteiger partial charge in [-0.05, 0) is 106 Å². The van der Waals surface area contributed by atoms with Crippen molar-refractivity contribution in [2.75, 3.05) is 94.6 Å². The van der Waals surface area contributed by atoms with Crippen molar-refractivity contribution in [1.29, 1.82) is 0 Å². The second-order valence-corrected chi connectivity index (χ2v) is 11.0. The summed E-state index contributed by atoms with van der Waals surface area (Å²) in [4.78, 5) is 30.4. The molecule has 0 aliphatic carbocycles. The first-order valence-electron chi connectivity index (χ1n) is 25.2. The average Bonchev–Trinajstić information content (AvgIpc) is 3.35. The highest BCUT2D eigenvalue weighted by Gasteiger charge is 2.15. The van der Waals surface area contributed by atoms with Crippen LogP contribution in [0.2, 0.25) is 0 Å². The highest BCUT2D eigenvalue weighted by Crippen LogP contribution is 2.19. The molecule has 0 atom stereocenters. The lowest BCUT2D eigenvalue weighted by molar-refractivity contribution is -0.122. The number of carbonyl (C=O) groups is 2. The molecule has 0 amide bonds. The molecule has 376 valence electrons. The van der Waals surface area contributed by atoms with Crippen molar-refractivity contribution in [2.24, 2.45) is 23.3 Å². The summed E-state index contributed by atoms with van der Waals surface area (Å²) in [6.45, 7) is 53.7. The molecule has 0 radical (unpaired) electrons. The van der Waals surface area contributed by atoms with E-state index in [0.29, 0.717) is 11.6 Å². The number of ketones is 2. The van der Waals surface area contributed by atoms with Crippen molar-refractivity contribution in [3.63, 3.8) is 0 Å². The molecule has 4 rings (SSSR count). The zero-order chi connectivity index (χ0) is 49.3. The topological polar surface area (TPSA) is 99.1 Å². The number of nitrogens with two attached hydrogens (primary N) is 2. The predicted molar refractivity (Wildman–Crippen MR) is 294 cm³/mol. The van der Waals surface area contributed by atoms with Crippen LogP contribution < -0.4 is 11.5 Å². The zero-order valence-corrected chi connectivity index (χ0v) is 49.4. The van der Waals surface area contributed by atoms with Crippen molar-refractivity contribution in [3.05, 3.63) is 0 Å². The summed E-state index contributed by atoms with van der Waals surface area (Å²) < 4.78 is 0. The summed E-state index contributed by atoms with van der Waals surface area (Å²) in [5.74, 6) is 2.90. The second-order valence-electron chi connectivity index (χ2n) is 11.0. The van der Waals surface area contributed by atoms with Gasteiger partial charge in [0.2, 0.25) is 0 Å². The monoisotopic (exact) mass is 971 g/mol. The fraction of sp³-hybridized carbons (Fsp3) is 0.960. The molecule has 0 aromatic carbocycles. The molecule has 4 N–H and O–H groups in total. The van der Waals surface area contributed by atoms with Crippen LogP contribution in [0.25, 0.3) is 0 Å². The van der Waals surface area contributed by atoms with E-state index in [1.807, 2.05) is 153 Å². The van der Waals surface area contributed by atoms with Crippen LogP contribution >= 0.6 is 24.0 Å². The number of nitrogens with zero attached hydrogens (tertiary/aromatic N) is 4. The van der Waals surface area contributed by atoms with E-state index in [1.54, 1.807) is 0 Å². The van der Waals surface area contributed by atoms with Gasteiger partial charge in [-0.1, -0.05) is 165 Å². The van der Waals surface area contributed by atoms with Crippen molar-refractivity contribution in [1.82, 2.24) is 19.6 Å². The molecule has 9 heteroatoms. The minimum absolute atomic E-state index is 0. The maximum absolute atomic E-state index is 10.6. The lowest BCUT2D eigenvalue weighted by atomic mass is 9.95. The standard InChI is InChI=1S/2C8H17N.2C6H11NO.10C2H6.2CH5N.HI/c2*1-3-8-4-6-9(2)7-5-8;2*1-7-4-2-6(8)3-5-7;12*1-2;/h2*8H,3-7H2,1-2H3;2*2-5H2,1H3;10*1-2H3;2*2H2,1H3;1H. The van der Waals surface area contributed by atoms with Crippen LogP contribution in [0.3, 0.4) is 0 Å². The summed E-state index contributed by atoms with van der Waals surface area (Å²) in [7, 11) is 11.5. The molecule has 0 saturated carbocycles. The van der Waals surface area contributed by atoms with Gasteiger partial charge in [0.1, 0.15) is 11.6 Å². The quantitative estimate of drug-likeness (QED) is 0.264. The van der Waals surface area contributed by atoms with Crippen LogP contribution in [0, 0.1) is 11.8 Å². The van der Waals surface area contributed by atoms with E-state index in [4.69, 9.17) is 0 Å². The smallest absolute Gasteiger partial charge is 0.135 e. The predicted octanol–water partition coefficient (Wildman–Crippen LogP) is 14.1. The number of halogens is 1. The normalized spacial score (nSPS) is 15.2. The number of hydrogen-bond acceptors (Lipinski definition) is 8. The molecular formula is C50H127IN6O2. The molecule has 0 unspecified atom stereocenters. The highest BCUT2D eigenvalue weighted by molar-refractivity contribution is 14.0. The molecule has 4 saturated heterocycles. The van der Waals surface area contributed by atoms with Crippen LogP contribution in [0.5, 0.6) is 0 Å². The molecule has 4 fully saturated rings. The third-order valence-electron chi connectivity index (χ3n) is 7.92. The van der Waals surface area contributed by atoms with Crippen molar-refractivity contribution in [3.8, 4) is 0 Å². The van der Waals surface area contributed by atoms with E-state index in [0.717, 1.165) is 63.7 Å². The molecule has 4 aliphatic heterocycles. The van der Waals surface area contributed by atoms with Crippen molar-refractivity contribution in [2.45, 2.75) is 217 Å². The van der Waals surface area contributed by atoms with Crippen LogP contribution in [0.15, 0.2) is 0 Å². The average molecular weight is 972 g/mol. The summed E-state index contributed by atoms with van der Waals surface area (Å²) in [6.07, 6.45) is 11.5. The van der Waals surface area contributed by atoms with Gasteiger partial charge in [-0.25, -0.2) is 0 Å². The van der Waals surface area contributed by atoms with Crippen LogP contribution in [-0.2, 0) is 9.59 Å². The molecule has 4 aliphatic rings. The minimum atomic E-state index is 0. The van der Waals surface area contributed by atoms with Gasteiger partial charge in [0.15, 0.2) is 0 Å². The van der Waals surface area contributed by atoms with Gasteiger partial charge in [0.25, 0.3) is 0 Å². The second kappa shape index (κ2) is 107. The largest absolute Gasteiger partial charge is 0.333 e. The molecular weight excluding hydrogens is 843 g/mol. The summed E-state index contributed by atoms with van der Waals surface area (Å²) >= 11 is 0. The van der Waals surface area contributed by atoms with Gasteiger partial charge < -0.3 is 31.1 Å². The number of piperidine rings is 4. The number of Topliss-reactive ketones (excluding diaryl/α,β-unsaturated/α-hetero) is 2. The van der Waals surface area contributed by atoms with Gasteiger partial charge in [-0.15, -0.1) is 24.0 Å². The Morgan fingerprint density at radius 1 is 0.356 bits per heavy atom. The minimum Gasteiger partial charge on any atom is -0.333 e. The van der Waals surface area contributed by atoms with E-state index in [2.05, 4.69) is 59.0 Å². The fourth-order valence-electron chi connectivity index (χ4n) is 4.68. The zero-order valence-electron chi connectivity index (χ0n) is 47.1. The Kier molecular flexibility index (Phi) is 169. The van der Waals surface area contributed by atoms with Crippen LogP contribution in [-0.4, -0.2) is 126 Å². The van der Waals surface area contributed by atoms with Crippen molar-refractivity contribution >= 4 is 35.5 Å². The Hall–Kier alpha value is -0.170. The first kappa shape index (κ1) is 93.7. The van der Waals surface area contributed by atoms with Gasteiger partial charge in [-0.3, -0.25) is 9.59 Å². The number of rotatable bonds is 2.